The van der Waals surface area contributed by atoms with Crippen LogP contribution < -0.4 is 0 Å². The topological polar surface area (TPSA) is 42.4 Å². The van der Waals surface area contributed by atoms with Gasteiger partial charge in [-0.2, -0.15) is 13.2 Å². The van der Waals surface area contributed by atoms with E-state index in [0.717, 1.165) is 76.7 Å². The van der Waals surface area contributed by atoms with Crippen LogP contribution in [-0.4, -0.2) is 48.0 Å². The third-order valence-electron chi connectivity index (χ3n) is 5.32. The molecule has 0 radical (unpaired) electrons. The summed E-state index contributed by atoms with van der Waals surface area (Å²) < 4.78 is 43.9. The molecule has 2 fully saturated rings. The second-order valence-corrected chi connectivity index (χ2v) is 7.24. The Bertz CT molecular complexity index is 615. The highest BCUT2D eigenvalue weighted by molar-refractivity contribution is 5.85. The molecule has 0 N–H and O–H groups in total. The van der Waals surface area contributed by atoms with Gasteiger partial charge in [0.2, 0.25) is 0 Å². The maximum atomic E-state index is 12.9. The molecule has 1 atom stereocenters. The smallest absolute Gasteiger partial charge is 0.381 e. The lowest BCUT2D eigenvalue weighted by molar-refractivity contribution is -0.137. The number of hydrogen-bond donors (Lipinski definition) is 0. The molecule has 0 amide bonds. The van der Waals surface area contributed by atoms with Gasteiger partial charge in [0.25, 0.3) is 0 Å². The lowest BCUT2D eigenvalue weighted by Gasteiger charge is -2.38. The van der Waals surface area contributed by atoms with Gasteiger partial charge in [-0.3, -0.25) is 14.7 Å². The number of carbonyl (C=O) groups is 1. The Morgan fingerprint density at radius 3 is 2.73 bits per heavy atom. The fraction of sp³-hybridized carbons (Fsp3) is 0.684. The van der Waals surface area contributed by atoms with Crippen molar-refractivity contribution < 1.29 is 22.7 Å². The summed E-state index contributed by atoms with van der Waals surface area (Å²) in [5, 5.41) is 0. The number of pyridine rings is 1. The Labute approximate surface area is 151 Å². The van der Waals surface area contributed by atoms with Crippen molar-refractivity contribution in [1.82, 2.24) is 9.88 Å². The summed E-state index contributed by atoms with van der Waals surface area (Å²) in [6.45, 7) is 3.29. The quantitative estimate of drug-likeness (QED) is 0.796. The highest BCUT2D eigenvalue weighted by Gasteiger charge is 2.33. The summed E-state index contributed by atoms with van der Waals surface area (Å²) in [6, 6.07) is 1.72. The van der Waals surface area contributed by atoms with Gasteiger partial charge in [0.05, 0.1) is 18.0 Å². The molecule has 2 saturated heterocycles. The van der Waals surface area contributed by atoms with E-state index >= 15 is 0 Å². The average molecular weight is 370 g/mol. The molecule has 3 rings (SSSR count). The second-order valence-electron chi connectivity index (χ2n) is 7.24. The first-order valence-electron chi connectivity index (χ1n) is 9.30. The summed E-state index contributed by atoms with van der Waals surface area (Å²) >= 11 is 0. The van der Waals surface area contributed by atoms with E-state index in [0.29, 0.717) is 5.92 Å². The van der Waals surface area contributed by atoms with Crippen molar-refractivity contribution in [2.75, 3.05) is 26.3 Å². The van der Waals surface area contributed by atoms with Crippen LogP contribution in [-0.2, 0) is 22.1 Å². The van der Waals surface area contributed by atoms with Crippen molar-refractivity contribution in [2.24, 2.45) is 5.92 Å². The van der Waals surface area contributed by atoms with Gasteiger partial charge in [0.1, 0.15) is 0 Å². The van der Waals surface area contributed by atoms with E-state index in [2.05, 4.69) is 9.88 Å². The molecule has 3 heterocycles. The zero-order chi connectivity index (χ0) is 18.6. The molecule has 7 heteroatoms. The fourth-order valence-electron chi connectivity index (χ4n) is 3.88. The number of ether oxygens (including phenoxy) is 1. The lowest BCUT2D eigenvalue weighted by Crippen LogP contribution is -2.47. The Balaban J connectivity index is 1.64. The van der Waals surface area contributed by atoms with Crippen LogP contribution in [0.5, 0.6) is 0 Å². The highest BCUT2D eigenvalue weighted by Crippen LogP contribution is 2.29. The normalized spacial score (nSPS) is 23.1. The van der Waals surface area contributed by atoms with Gasteiger partial charge in [0.15, 0.2) is 5.78 Å². The SMILES string of the molecule is O=C(Cc1cc(C(F)(F)F)ccn1)[C@@H]1CCCCN1CC1CCOCC1. The minimum absolute atomic E-state index is 0.0245. The van der Waals surface area contributed by atoms with Crippen LogP contribution in [0.1, 0.15) is 43.4 Å². The molecule has 1 aromatic rings. The van der Waals surface area contributed by atoms with Crippen LogP contribution in [0.2, 0.25) is 0 Å². The third-order valence-corrected chi connectivity index (χ3v) is 5.32. The fourth-order valence-corrected chi connectivity index (χ4v) is 3.88. The number of alkyl halides is 3. The highest BCUT2D eigenvalue weighted by atomic mass is 19.4. The van der Waals surface area contributed by atoms with E-state index in [-0.39, 0.29) is 23.9 Å². The van der Waals surface area contributed by atoms with Gasteiger partial charge in [-0.05, 0) is 50.3 Å². The predicted molar refractivity (Wildman–Crippen MR) is 90.7 cm³/mol. The third kappa shape index (κ3) is 5.04. The molecular formula is C19H25F3N2O2. The number of Topliss-reactive ketones (excluding diaryl/α,β-unsaturated/α-hetero) is 1. The van der Waals surface area contributed by atoms with Crippen LogP contribution in [0.4, 0.5) is 13.2 Å². The van der Waals surface area contributed by atoms with E-state index in [1.807, 2.05) is 0 Å². The number of ketones is 1. The van der Waals surface area contributed by atoms with Crippen LogP contribution in [0, 0.1) is 5.92 Å². The van der Waals surface area contributed by atoms with Crippen molar-refractivity contribution in [3.63, 3.8) is 0 Å². The van der Waals surface area contributed by atoms with E-state index in [4.69, 9.17) is 4.74 Å². The largest absolute Gasteiger partial charge is 0.416 e. The maximum absolute atomic E-state index is 12.9. The van der Waals surface area contributed by atoms with Crippen molar-refractivity contribution in [1.29, 1.82) is 0 Å². The van der Waals surface area contributed by atoms with Gasteiger partial charge in [-0.15, -0.1) is 0 Å². The zero-order valence-corrected chi connectivity index (χ0v) is 14.8. The Hall–Kier alpha value is -1.47. The lowest BCUT2D eigenvalue weighted by atomic mass is 9.92. The number of carbonyl (C=O) groups excluding carboxylic acids is 1. The molecule has 144 valence electrons. The van der Waals surface area contributed by atoms with E-state index in [1.54, 1.807) is 0 Å². The van der Waals surface area contributed by atoms with Gasteiger partial charge in [0, 0.05) is 31.6 Å². The Morgan fingerprint density at radius 1 is 1.23 bits per heavy atom. The molecule has 0 aromatic carbocycles. The van der Waals surface area contributed by atoms with Crippen LogP contribution in [0.3, 0.4) is 0 Å². The molecule has 2 aliphatic heterocycles. The van der Waals surface area contributed by atoms with Gasteiger partial charge >= 0.3 is 6.18 Å². The predicted octanol–water partition coefficient (Wildman–Crippen LogP) is 3.49. The number of piperidine rings is 1. The Kier molecular flexibility index (Phi) is 6.29. The second kappa shape index (κ2) is 8.48. The summed E-state index contributed by atoms with van der Waals surface area (Å²) in [7, 11) is 0. The van der Waals surface area contributed by atoms with Gasteiger partial charge in [-0.1, -0.05) is 6.42 Å². The number of rotatable bonds is 5. The summed E-state index contributed by atoms with van der Waals surface area (Å²) in [6.07, 6.45) is 1.51. The standard InChI is InChI=1S/C19H25F3N2O2/c20-19(21,22)15-4-7-23-16(11-15)12-18(25)17-3-1-2-8-24(17)13-14-5-9-26-10-6-14/h4,7,11,14,17H,1-3,5-6,8-10,12-13H2/t17-/m0/s1. The van der Waals surface area contributed by atoms with Crippen LogP contribution in [0.25, 0.3) is 0 Å². The maximum Gasteiger partial charge on any atom is 0.416 e. The number of hydrogen-bond acceptors (Lipinski definition) is 4. The molecule has 0 unspecified atom stereocenters. The molecule has 0 saturated carbocycles. The Morgan fingerprint density at radius 2 is 2.00 bits per heavy atom. The number of halogens is 3. The first-order valence-corrected chi connectivity index (χ1v) is 9.30. The molecule has 4 nitrogen and oxygen atoms in total. The van der Waals surface area contributed by atoms with Crippen molar-refractivity contribution in [3.8, 4) is 0 Å². The van der Waals surface area contributed by atoms with Gasteiger partial charge < -0.3 is 4.74 Å². The van der Waals surface area contributed by atoms with Crippen molar-refractivity contribution in [3.05, 3.63) is 29.6 Å². The first-order chi connectivity index (χ1) is 12.4. The minimum Gasteiger partial charge on any atom is -0.381 e. The average Bonchev–Trinajstić information content (AvgIpc) is 2.62. The van der Waals surface area contributed by atoms with Gasteiger partial charge in [-0.25, -0.2) is 0 Å². The molecule has 0 aliphatic carbocycles. The molecular weight excluding hydrogens is 345 g/mol. The molecule has 0 bridgehead atoms. The van der Waals surface area contributed by atoms with E-state index in [9.17, 15) is 18.0 Å². The molecule has 1 aromatic heterocycles. The van der Waals surface area contributed by atoms with Crippen LogP contribution in [0.15, 0.2) is 18.3 Å². The number of aromatic nitrogens is 1. The minimum atomic E-state index is -4.42. The first kappa shape index (κ1) is 19.3. The van der Waals surface area contributed by atoms with Crippen molar-refractivity contribution in [2.45, 2.75) is 50.7 Å². The molecule has 26 heavy (non-hydrogen) atoms. The molecule has 2 aliphatic rings. The summed E-state index contributed by atoms with van der Waals surface area (Å²) in [4.78, 5) is 19.0. The molecule has 0 spiro atoms. The number of likely N-dealkylation sites (tertiary alicyclic amines) is 1. The number of nitrogens with zero attached hydrogens (tertiary/aromatic N) is 2. The summed E-state index contributed by atoms with van der Waals surface area (Å²) in [5.41, 5.74) is -0.556. The van der Waals surface area contributed by atoms with Crippen LogP contribution >= 0.6 is 0 Å². The zero-order valence-electron chi connectivity index (χ0n) is 14.8. The monoisotopic (exact) mass is 370 g/mol. The van der Waals surface area contributed by atoms with E-state index in [1.165, 1.54) is 0 Å². The summed E-state index contributed by atoms with van der Waals surface area (Å²) in [5.74, 6) is 0.507. The van der Waals surface area contributed by atoms with Crippen molar-refractivity contribution >= 4 is 5.78 Å². The van der Waals surface area contributed by atoms with E-state index < -0.39 is 11.7 Å².